The first-order chi connectivity index (χ1) is 13.3. The molecule has 2 N–H and O–H groups in total. The summed E-state index contributed by atoms with van der Waals surface area (Å²) in [6, 6.07) is 20.2. The number of carbonyl (C=O) groups is 1. The number of ether oxygens (including phenoxy) is 1. The van der Waals surface area contributed by atoms with E-state index in [0.29, 0.717) is 24.2 Å². The smallest absolute Gasteiger partial charge is 0.294 e. The highest BCUT2D eigenvalue weighted by molar-refractivity contribution is 7.85. The Bertz CT molecular complexity index is 1010. The Morgan fingerprint density at radius 3 is 2.14 bits per heavy atom. The van der Waals surface area contributed by atoms with E-state index in [1.54, 1.807) is 24.3 Å². The van der Waals surface area contributed by atoms with E-state index in [1.165, 1.54) is 18.2 Å². The molecule has 0 saturated carbocycles. The number of phenols is 1. The highest BCUT2D eigenvalue weighted by Gasteiger charge is 2.07. The van der Waals surface area contributed by atoms with Crippen molar-refractivity contribution in [1.29, 1.82) is 0 Å². The van der Waals surface area contributed by atoms with E-state index in [1.807, 2.05) is 37.3 Å². The molecule has 0 aliphatic heterocycles. The summed E-state index contributed by atoms with van der Waals surface area (Å²) >= 11 is 0. The Hall–Kier alpha value is -3.16. The van der Waals surface area contributed by atoms with Gasteiger partial charge in [-0.15, -0.1) is 0 Å². The van der Waals surface area contributed by atoms with Crippen molar-refractivity contribution in [2.45, 2.75) is 18.4 Å². The maximum absolute atomic E-state index is 10.5. The van der Waals surface area contributed by atoms with E-state index in [2.05, 4.69) is 0 Å². The quantitative estimate of drug-likeness (QED) is 0.495. The van der Waals surface area contributed by atoms with Crippen LogP contribution in [0.15, 0.2) is 77.7 Å². The lowest BCUT2D eigenvalue weighted by Gasteiger charge is -2.08. The van der Waals surface area contributed by atoms with E-state index in [9.17, 15) is 18.3 Å². The first-order valence-corrected chi connectivity index (χ1v) is 9.72. The van der Waals surface area contributed by atoms with Crippen molar-refractivity contribution in [2.24, 2.45) is 0 Å². The summed E-state index contributed by atoms with van der Waals surface area (Å²) < 4.78 is 35.0. The number of aromatic hydroxyl groups is 1. The highest BCUT2D eigenvalue weighted by Crippen LogP contribution is 2.27. The topological polar surface area (TPSA) is 101 Å². The van der Waals surface area contributed by atoms with Crippen molar-refractivity contribution in [2.75, 3.05) is 0 Å². The summed E-state index contributed by atoms with van der Waals surface area (Å²) in [6.45, 7) is 2.22. The molecule has 0 bridgehead atoms. The fraction of sp³-hybridized carbons (Fsp3) is 0.0952. The van der Waals surface area contributed by atoms with Crippen molar-refractivity contribution in [3.8, 4) is 11.5 Å². The third kappa shape index (κ3) is 6.53. The van der Waals surface area contributed by atoms with Crippen LogP contribution in [0.3, 0.4) is 0 Å². The normalized spacial score (nSPS) is 10.5. The summed E-state index contributed by atoms with van der Waals surface area (Å²) in [5.74, 6) is 0.352. The Kier molecular flexibility index (Phi) is 7.31. The van der Waals surface area contributed by atoms with Crippen molar-refractivity contribution in [1.82, 2.24) is 0 Å². The Morgan fingerprint density at radius 2 is 1.61 bits per heavy atom. The molecule has 7 heteroatoms. The summed E-state index contributed by atoms with van der Waals surface area (Å²) in [7, 11) is -4.02. The van der Waals surface area contributed by atoms with Crippen LogP contribution in [0.2, 0.25) is 0 Å². The summed E-state index contributed by atoms with van der Waals surface area (Å²) in [4.78, 5) is 10.4. The van der Waals surface area contributed by atoms with Crippen LogP contribution in [0, 0.1) is 6.92 Å². The van der Waals surface area contributed by atoms with Crippen LogP contribution in [0.4, 0.5) is 0 Å². The van der Waals surface area contributed by atoms with Crippen molar-refractivity contribution < 1.29 is 27.6 Å². The van der Waals surface area contributed by atoms with Gasteiger partial charge in [0.25, 0.3) is 10.1 Å². The van der Waals surface area contributed by atoms with Gasteiger partial charge in [-0.25, -0.2) is 0 Å². The van der Waals surface area contributed by atoms with Gasteiger partial charge in [0.05, 0.1) is 4.90 Å². The Morgan fingerprint density at radius 1 is 0.964 bits per heavy atom. The molecule has 0 unspecified atom stereocenters. The minimum atomic E-state index is -4.02. The van der Waals surface area contributed by atoms with Crippen LogP contribution in [-0.4, -0.2) is 24.4 Å². The molecule has 0 aromatic heterocycles. The molecule has 6 nitrogen and oxygen atoms in total. The average molecular weight is 400 g/mol. The molecule has 0 heterocycles. The van der Waals surface area contributed by atoms with Gasteiger partial charge in [-0.3, -0.25) is 9.35 Å². The summed E-state index contributed by atoms with van der Waals surface area (Å²) in [6.07, 6.45) is 0.681. The van der Waals surface area contributed by atoms with Gasteiger partial charge in [0.1, 0.15) is 12.9 Å². The minimum absolute atomic E-state index is 0.0227. The van der Waals surface area contributed by atoms with E-state index in [-0.39, 0.29) is 10.6 Å². The molecule has 0 amide bonds. The van der Waals surface area contributed by atoms with Gasteiger partial charge in [0.15, 0.2) is 11.5 Å². The molecule has 0 fully saturated rings. The van der Waals surface area contributed by atoms with E-state index in [0.717, 1.165) is 11.1 Å². The van der Waals surface area contributed by atoms with Gasteiger partial charge in [0, 0.05) is 5.56 Å². The van der Waals surface area contributed by atoms with Crippen LogP contribution in [0.5, 0.6) is 11.5 Å². The summed E-state index contributed by atoms with van der Waals surface area (Å²) in [5, 5.41) is 9.62. The molecule has 3 rings (SSSR count). The maximum atomic E-state index is 10.5. The Labute approximate surface area is 163 Å². The zero-order valence-electron chi connectivity index (χ0n) is 15.1. The first-order valence-electron chi connectivity index (χ1n) is 8.28. The lowest BCUT2D eigenvalue weighted by atomic mass is 10.2. The van der Waals surface area contributed by atoms with Crippen LogP contribution < -0.4 is 4.74 Å². The van der Waals surface area contributed by atoms with Crippen LogP contribution in [0.25, 0.3) is 0 Å². The number of phenolic OH excluding ortho intramolecular Hbond substituents is 1. The molecule has 146 valence electrons. The molecule has 0 radical (unpaired) electrons. The van der Waals surface area contributed by atoms with Gasteiger partial charge in [-0.1, -0.05) is 48.0 Å². The molecule has 0 saturated heterocycles. The molecule has 0 aliphatic rings. The largest absolute Gasteiger partial charge is 0.504 e. The van der Waals surface area contributed by atoms with E-state index < -0.39 is 10.1 Å². The Balaban J connectivity index is 0.000000221. The second-order valence-electron chi connectivity index (χ2n) is 5.91. The predicted octanol–water partition coefficient (Wildman–Crippen LogP) is 4.03. The molecule has 0 spiro atoms. The molecular weight excluding hydrogens is 380 g/mol. The van der Waals surface area contributed by atoms with Gasteiger partial charge in [-0.2, -0.15) is 8.42 Å². The van der Waals surface area contributed by atoms with Crippen molar-refractivity contribution in [3.05, 3.63) is 89.5 Å². The van der Waals surface area contributed by atoms with Crippen molar-refractivity contribution >= 4 is 16.4 Å². The van der Waals surface area contributed by atoms with Crippen LogP contribution in [0.1, 0.15) is 21.5 Å². The SMILES string of the molecule is Cc1ccc(S(=O)(=O)O)cc1.O=Cc1ccc(OCc2ccccc2)c(O)c1. The predicted molar refractivity (Wildman–Crippen MR) is 105 cm³/mol. The van der Waals surface area contributed by atoms with Gasteiger partial charge < -0.3 is 9.84 Å². The molecule has 0 aliphatic carbocycles. The fourth-order valence-electron chi connectivity index (χ4n) is 2.18. The third-order valence-electron chi connectivity index (χ3n) is 3.68. The van der Waals surface area contributed by atoms with Gasteiger partial charge in [0.2, 0.25) is 0 Å². The first kappa shape index (κ1) is 21.1. The number of carbonyl (C=O) groups excluding carboxylic acids is 1. The third-order valence-corrected chi connectivity index (χ3v) is 4.54. The van der Waals surface area contributed by atoms with Crippen molar-refractivity contribution in [3.63, 3.8) is 0 Å². The lowest BCUT2D eigenvalue weighted by molar-refractivity contribution is 0.112. The number of hydrogen-bond acceptors (Lipinski definition) is 5. The number of benzene rings is 3. The van der Waals surface area contributed by atoms with Crippen LogP contribution >= 0.6 is 0 Å². The second-order valence-corrected chi connectivity index (χ2v) is 7.33. The highest BCUT2D eigenvalue weighted by atomic mass is 32.2. The number of hydrogen-bond donors (Lipinski definition) is 2. The average Bonchev–Trinajstić information content (AvgIpc) is 2.68. The molecule has 0 atom stereocenters. The number of aryl methyl sites for hydroxylation is 1. The maximum Gasteiger partial charge on any atom is 0.294 e. The number of rotatable bonds is 5. The van der Waals surface area contributed by atoms with E-state index >= 15 is 0 Å². The minimum Gasteiger partial charge on any atom is -0.504 e. The van der Waals surface area contributed by atoms with Gasteiger partial charge >= 0.3 is 0 Å². The zero-order valence-corrected chi connectivity index (χ0v) is 16.0. The molecular formula is C21H20O6S. The number of aldehydes is 1. The molecule has 3 aromatic rings. The monoisotopic (exact) mass is 400 g/mol. The van der Waals surface area contributed by atoms with E-state index in [4.69, 9.17) is 9.29 Å². The summed E-state index contributed by atoms with van der Waals surface area (Å²) in [5.41, 5.74) is 2.40. The second kappa shape index (κ2) is 9.68. The lowest BCUT2D eigenvalue weighted by Crippen LogP contribution is -1.96. The fourth-order valence-corrected chi connectivity index (χ4v) is 2.66. The molecule has 3 aromatic carbocycles. The molecule has 28 heavy (non-hydrogen) atoms. The van der Waals surface area contributed by atoms with Gasteiger partial charge in [-0.05, 0) is 42.8 Å². The standard InChI is InChI=1S/C14H12O3.C7H8O3S/c15-9-12-6-7-14(13(16)8-12)17-10-11-4-2-1-3-5-11;1-6-2-4-7(5-3-6)11(8,9)10/h1-9,16H,10H2;2-5H,1H3,(H,8,9,10). The van der Waals surface area contributed by atoms with Crippen LogP contribution in [-0.2, 0) is 16.7 Å². The zero-order chi connectivity index (χ0) is 20.6.